The van der Waals surface area contributed by atoms with E-state index in [9.17, 15) is 18.4 Å². The van der Waals surface area contributed by atoms with E-state index in [1.807, 2.05) is 0 Å². The average Bonchev–Trinajstić information content (AvgIpc) is 3.77. The molecule has 0 radical (unpaired) electrons. The van der Waals surface area contributed by atoms with Crippen molar-refractivity contribution in [2.75, 3.05) is 69.3 Å². The van der Waals surface area contributed by atoms with Crippen molar-refractivity contribution in [2.24, 2.45) is 5.73 Å². The molecule has 14 heteroatoms. The Bertz CT molecular complexity index is 1880. The van der Waals surface area contributed by atoms with E-state index in [0.717, 1.165) is 52.4 Å². The van der Waals surface area contributed by atoms with Gasteiger partial charge < -0.3 is 20.3 Å². The number of piperazine rings is 2. The molecule has 4 aliphatic heterocycles. The van der Waals surface area contributed by atoms with E-state index in [4.69, 9.17) is 10.5 Å². The second-order valence-electron chi connectivity index (χ2n) is 13.2. The number of fused-ring (bicyclic) bond motifs is 4. The monoisotopic (exact) mass is 673 g/mol. The summed E-state index contributed by atoms with van der Waals surface area (Å²) in [6.45, 7) is 7.73. The Labute approximate surface area is 283 Å². The van der Waals surface area contributed by atoms with Gasteiger partial charge in [0.1, 0.15) is 11.6 Å². The molecule has 49 heavy (non-hydrogen) atoms. The largest absolute Gasteiger partial charge is 0.469 e. The van der Waals surface area contributed by atoms with Crippen molar-refractivity contribution >= 4 is 45.6 Å². The minimum atomic E-state index is -0.523. The van der Waals surface area contributed by atoms with Crippen molar-refractivity contribution < 1.29 is 23.1 Å². The molecule has 12 nitrogen and oxygen atoms in total. The van der Waals surface area contributed by atoms with Crippen LogP contribution in [-0.4, -0.2) is 113 Å². The van der Waals surface area contributed by atoms with Gasteiger partial charge >= 0.3 is 5.97 Å². The van der Waals surface area contributed by atoms with Crippen molar-refractivity contribution in [3.05, 3.63) is 59.4 Å². The van der Waals surface area contributed by atoms with Gasteiger partial charge in [0.15, 0.2) is 0 Å². The third-order valence-electron chi connectivity index (χ3n) is 10.1. The van der Waals surface area contributed by atoms with Gasteiger partial charge in [0.25, 0.3) is 0 Å². The molecule has 4 aliphatic rings. The number of hydrogen-bond acceptors (Lipinski definition) is 11. The first-order chi connectivity index (χ1) is 23.8. The van der Waals surface area contributed by atoms with Crippen molar-refractivity contribution in [1.29, 1.82) is 0 Å². The summed E-state index contributed by atoms with van der Waals surface area (Å²) in [7, 11) is 1.32. The summed E-state index contributed by atoms with van der Waals surface area (Å²) >= 11 is 0. The number of anilines is 2. The normalized spacial score (nSPS) is 21.0. The highest BCUT2D eigenvalue weighted by atomic mass is 19.1. The van der Waals surface area contributed by atoms with Crippen molar-refractivity contribution in [3.8, 4) is 0 Å². The van der Waals surface area contributed by atoms with Gasteiger partial charge in [-0.05, 0) is 63.0 Å². The maximum Gasteiger partial charge on any atom is 0.311 e. The van der Waals surface area contributed by atoms with Gasteiger partial charge in [-0.3, -0.25) is 19.4 Å². The Kier molecular flexibility index (Phi) is 9.50. The van der Waals surface area contributed by atoms with Crippen LogP contribution >= 0.6 is 0 Å². The molecule has 258 valence electrons. The van der Waals surface area contributed by atoms with Gasteiger partial charge in [0.05, 0.1) is 53.1 Å². The first-order valence-corrected chi connectivity index (χ1v) is 17.0. The first-order valence-electron chi connectivity index (χ1n) is 17.0. The standard InChI is InChI=1S/C18H21FN4O2.C17H20FN5O/c1-25-16(24)10-15-17-13(19)5-2-6-14(17)20-18(21-15)23-9-8-22-7-3-4-12(22)11-23;18-12-4-1-5-13-16(12)14(9-15(19)24)21-17(20-13)23-8-7-22-6-2-3-11(22)10-23/h2,5-6,12H,3-4,7-11H2,1H3;1,4-5,11H,2-3,6-10H2,(H2,19,24)/t12-;11-/m11/s1. The highest BCUT2D eigenvalue weighted by Crippen LogP contribution is 2.29. The van der Waals surface area contributed by atoms with Crippen LogP contribution in [0.2, 0.25) is 0 Å². The molecule has 2 aromatic heterocycles. The number of esters is 1. The summed E-state index contributed by atoms with van der Waals surface area (Å²) in [5, 5.41) is 0.593. The molecule has 0 spiro atoms. The predicted molar refractivity (Wildman–Crippen MR) is 181 cm³/mol. The van der Waals surface area contributed by atoms with Gasteiger partial charge in [-0.15, -0.1) is 0 Å². The average molecular weight is 674 g/mol. The van der Waals surface area contributed by atoms with Crippen LogP contribution in [0.15, 0.2) is 36.4 Å². The molecule has 2 N–H and O–H groups in total. The Morgan fingerprint density at radius 1 is 0.735 bits per heavy atom. The number of hydrogen-bond donors (Lipinski definition) is 1. The molecular weight excluding hydrogens is 632 g/mol. The zero-order chi connectivity index (χ0) is 34.1. The zero-order valence-electron chi connectivity index (χ0n) is 27.7. The molecule has 8 rings (SSSR count). The van der Waals surface area contributed by atoms with E-state index in [0.29, 0.717) is 57.2 Å². The summed E-state index contributed by atoms with van der Waals surface area (Å²) in [6, 6.07) is 10.5. The van der Waals surface area contributed by atoms with Crippen LogP contribution in [-0.2, 0) is 27.2 Å². The molecule has 0 aliphatic carbocycles. The predicted octanol–water partition coefficient (Wildman–Crippen LogP) is 2.85. The molecule has 4 saturated heterocycles. The molecule has 4 fully saturated rings. The van der Waals surface area contributed by atoms with Crippen LogP contribution in [0.25, 0.3) is 21.8 Å². The summed E-state index contributed by atoms with van der Waals surface area (Å²) in [5.74, 6) is -0.654. The second-order valence-corrected chi connectivity index (χ2v) is 13.2. The van der Waals surface area contributed by atoms with E-state index < -0.39 is 23.5 Å². The van der Waals surface area contributed by atoms with Crippen LogP contribution in [0.5, 0.6) is 0 Å². The fourth-order valence-electron chi connectivity index (χ4n) is 7.66. The number of nitrogens with zero attached hydrogens (tertiary/aromatic N) is 8. The molecule has 1 amide bonds. The number of benzene rings is 2. The van der Waals surface area contributed by atoms with Crippen LogP contribution < -0.4 is 15.5 Å². The van der Waals surface area contributed by atoms with Crippen LogP contribution in [0, 0.1) is 11.6 Å². The third-order valence-corrected chi connectivity index (χ3v) is 10.1. The number of carbonyl (C=O) groups is 2. The first kappa shape index (κ1) is 33.0. The number of primary amides is 1. The molecule has 0 unspecified atom stereocenters. The quantitative estimate of drug-likeness (QED) is 0.303. The van der Waals surface area contributed by atoms with Gasteiger partial charge in [-0.2, -0.15) is 0 Å². The summed E-state index contributed by atoms with van der Waals surface area (Å²) < 4.78 is 33.2. The van der Waals surface area contributed by atoms with Crippen LogP contribution in [0.3, 0.4) is 0 Å². The van der Waals surface area contributed by atoms with Crippen molar-refractivity contribution in [3.63, 3.8) is 0 Å². The molecule has 4 aromatic rings. The topological polar surface area (TPSA) is 134 Å². The second kappa shape index (κ2) is 14.1. The number of methoxy groups -OCH3 is 1. The SMILES string of the molecule is COC(=O)Cc1nc(N2CCN3CCC[C@@H]3C2)nc2cccc(F)c12.NC(=O)Cc1nc(N2CCN3CCC[C@@H]3C2)nc2cccc(F)c12. The lowest BCUT2D eigenvalue weighted by Crippen LogP contribution is -2.50. The number of nitrogens with two attached hydrogens (primary N) is 1. The number of carbonyl (C=O) groups excluding carboxylic acids is 2. The van der Waals surface area contributed by atoms with E-state index >= 15 is 0 Å². The smallest absolute Gasteiger partial charge is 0.311 e. The number of ether oxygens (including phenoxy) is 1. The molecule has 2 aromatic carbocycles. The Hall–Kier alpha value is -4.56. The maximum atomic E-state index is 14.3. The van der Waals surface area contributed by atoms with E-state index in [-0.39, 0.29) is 12.8 Å². The summed E-state index contributed by atoms with van der Waals surface area (Å²) in [4.78, 5) is 50.6. The lowest BCUT2D eigenvalue weighted by molar-refractivity contribution is -0.139. The molecule has 6 heterocycles. The highest BCUT2D eigenvalue weighted by Gasteiger charge is 2.33. The van der Waals surface area contributed by atoms with Crippen molar-refractivity contribution in [1.82, 2.24) is 29.7 Å². The lowest BCUT2D eigenvalue weighted by Gasteiger charge is -2.37. The summed E-state index contributed by atoms with van der Waals surface area (Å²) in [5.41, 5.74) is 7.12. The highest BCUT2D eigenvalue weighted by molar-refractivity contribution is 5.88. The maximum absolute atomic E-state index is 14.3. The van der Waals surface area contributed by atoms with Crippen LogP contribution in [0.1, 0.15) is 37.1 Å². The zero-order valence-corrected chi connectivity index (χ0v) is 27.7. The minimum Gasteiger partial charge on any atom is -0.469 e. The minimum absolute atomic E-state index is 0.0627. The molecular formula is C35H41F2N9O3. The van der Waals surface area contributed by atoms with Gasteiger partial charge in [-0.1, -0.05) is 12.1 Å². The molecule has 2 atom stereocenters. The number of aromatic nitrogens is 4. The Morgan fingerprint density at radius 3 is 1.69 bits per heavy atom. The van der Waals surface area contributed by atoms with Crippen LogP contribution in [0.4, 0.5) is 20.7 Å². The number of amides is 1. The third kappa shape index (κ3) is 6.97. The Balaban J connectivity index is 0.000000154. The van der Waals surface area contributed by atoms with E-state index in [2.05, 4.69) is 39.5 Å². The number of rotatable bonds is 6. The van der Waals surface area contributed by atoms with E-state index in [1.165, 1.54) is 44.9 Å². The fourth-order valence-corrected chi connectivity index (χ4v) is 7.66. The molecule has 0 saturated carbocycles. The summed E-state index contributed by atoms with van der Waals surface area (Å²) in [6.07, 6.45) is 4.69. The van der Waals surface area contributed by atoms with Gasteiger partial charge in [0, 0.05) is 51.4 Å². The van der Waals surface area contributed by atoms with Crippen molar-refractivity contribution in [2.45, 2.75) is 50.6 Å². The fraction of sp³-hybridized carbons (Fsp3) is 0.486. The number of halogens is 2. The lowest BCUT2D eigenvalue weighted by atomic mass is 10.1. The Morgan fingerprint density at radius 2 is 1.22 bits per heavy atom. The van der Waals surface area contributed by atoms with E-state index in [1.54, 1.807) is 24.3 Å². The molecule has 0 bridgehead atoms. The van der Waals surface area contributed by atoms with Gasteiger partial charge in [0.2, 0.25) is 17.8 Å². The van der Waals surface area contributed by atoms with Gasteiger partial charge in [-0.25, -0.2) is 28.7 Å².